The van der Waals surface area contributed by atoms with Gasteiger partial charge in [0.1, 0.15) is 12.6 Å². The van der Waals surface area contributed by atoms with E-state index in [0.29, 0.717) is 11.6 Å². The highest BCUT2D eigenvalue weighted by atomic mass is 35.5. The molecule has 2 rings (SSSR count). The van der Waals surface area contributed by atoms with Crippen molar-refractivity contribution in [2.75, 3.05) is 23.7 Å². The third kappa shape index (κ3) is 6.60. The van der Waals surface area contributed by atoms with Crippen LogP contribution in [0, 0.1) is 6.92 Å². The van der Waals surface area contributed by atoms with Gasteiger partial charge in [-0.25, -0.2) is 8.42 Å². The molecule has 0 heterocycles. The molecular weight excluding hydrogens is 473 g/mol. The molecule has 32 heavy (non-hydrogen) atoms. The standard InChI is InChI=1S/C22H27Cl2N3O4S/c1-5-25-22(29)16(3)26(13-17-9-7-6-8-15(17)2)21(28)14-27(32(4,30)31)20-11-10-18(23)12-19(20)24/h6-12,16H,5,13-14H2,1-4H3,(H,25,29)/t16-/m0/s1. The molecule has 2 aromatic carbocycles. The fourth-order valence-electron chi connectivity index (χ4n) is 3.15. The van der Waals surface area contributed by atoms with Crippen molar-refractivity contribution < 1.29 is 18.0 Å². The van der Waals surface area contributed by atoms with Gasteiger partial charge in [0.2, 0.25) is 21.8 Å². The third-order valence-corrected chi connectivity index (χ3v) is 6.64. The van der Waals surface area contributed by atoms with Gasteiger partial charge in [-0.2, -0.15) is 0 Å². The van der Waals surface area contributed by atoms with Gasteiger partial charge < -0.3 is 10.2 Å². The van der Waals surface area contributed by atoms with Crippen LogP contribution in [0.5, 0.6) is 0 Å². The van der Waals surface area contributed by atoms with E-state index in [-0.39, 0.29) is 23.2 Å². The van der Waals surface area contributed by atoms with Gasteiger partial charge in [-0.05, 0) is 50.1 Å². The van der Waals surface area contributed by atoms with Crippen molar-refractivity contribution in [1.29, 1.82) is 0 Å². The largest absolute Gasteiger partial charge is 0.355 e. The first-order valence-corrected chi connectivity index (χ1v) is 12.6. The van der Waals surface area contributed by atoms with Crippen LogP contribution in [0.1, 0.15) is 25.0 Å². The Hall–Kier alpha value is -2.29. The lowest BCUT2D eigenvalue weighted by atomic mass is 10.1. The van der Waals surface area contributed by atoms with Crippen LogP contribution < -0.4 is 9.62 Å². The fourth-order valence-corrected chi connectivity index (χ4v) is 4.58. The molecule has 0 aromatic heterocycles. The Labute approximate surface area is 199 Å². The number of halogens is 2. The molecular formula is C22H27Cl2N3O4S. The topological polar surface area (TPSA) is 86.8 Å². The zero-order chi connectivity index (χ0) is 24.1. The van der Waals surface area contributed by atoms with E-state index in [1.165, 1.54) is 23.1 Å². The predicted molar refractivity (Wildman–Crippen MR) is 129 cm³/mol. The minimum atomic E-state index is -3.86. The Morgan fingerprint density at radius 1 is 1.12 bits per heavy atom. The highest BCUT2D eigenvalue weighted by Gasteiger charge is 2.30. The summed E-state index contributed by atoms with van der Waals surface area (Å²) in [5, 5.41) is 3.14. The summed E-state index contributed by atoms with van der Waals surface area (Å²) >= 11 is 12.1. The normalized spacial score (nSPS) is 12.2. The molecule has 0 bridgehead atoms. The average molecular weight is 500 g/mol. The minimum Gasteiger partial charge on any atom is -0.355 e. The first kappa shape index (κ1) is 26.0. The van der Waals surface area contributed by atoms with Crippen LogP contribution in [-0.4, -0.2) is 50.5 Å². The molecule has 2 amide bonds. The Bertz CT molecular complexity index is 1090. The number of anilines is 1. The number of benzene rings is 2. The maximum absolute atomic E-state index is 13.4. The van der Waals surface area contributed by atoms with Crippen LogP contribution in [0.25, 0.3) is 0 Å². The van der Waals surface area contributed by atoms with Gasteiger partial charge >= 0.3 is 0 Å². The van der Waals surface area contributed by atoms with Gasteiger partial charge in [-0.15, -0.1) is 0 Å². The molecule has 0 saturated heterocycles. The van der Waals surface area contributed by atoms with Crippen LogP contribution >= 0.6 is 23.2 Å². The zero-order valence-electron chi connectivity index (χ0n) is 18.4. The maximum Gasteiger partial charge on any atom is 0.244 e. The maximum atomic E-state index is 13.4. The molecule has 2 aromatic rings. The lowest BCUT2D eigenvalue weighted by Crippen LogP contribution is -2.51. The number of rotatable bonds is 9. The number of likely N-dealkylation sites (N-methyl/N-ethyl adjacent to an activating group) is 1. The molecule has 0 fully saturated rings. The van der Waals surface area contributed by atoms with Crippen LogP contribution in [-0.2, 0) is 26.2 Å². The lowest BCUT2D eigenvalue weighted by molar-refractivity contribution is -0.139. The number of nitrogens with one attached hydrogen (secondary N) is 1. The molecule has 174 valence electrons. The van der Waals surface area contributed by atoms with E-state index in [0.717, 1.165) is 21.7 Å². The molecule has 10 heteroatoms. The Kier molecular flexibility index (Phi) is 8.95. The number of carbonyl (C=O) groups is 2. The van der Waals surface area contributed by atoms with Gasteiger partial charge in [-0.3, -0.25) is 13.9 Å². The summed E-state index contributed by atoms with van der Waals surface area (Å²) < 4.78 is 26.0. The second-order valence-electron chi connectivity index (χ2n) is 7.38. The molecule has 0 aliphatic rings. The van der Waals surface area contributed by atoms with Gasteiger partial charge in [0.15, 0.2) is 0 Å². The Morgan fingerprint density at radius 2 is 1.78 bits per heavy atom. The first-order chi connectivity index (χ1) is 15.0. The van der Waals surface area contributed by atoms with Gasteiger partial charge in [0.05, 0.1) is 17.0 Å². The van der Waals surface area contributed by atoms with E-state index < -0.39 is 28.5 Å². The van der Waals surface area contributed by atoms with Crippen molar-refractivity contribution >= 4 is 50.7 Å². The highest BCUT2D eigenvalue weighted by molar-refractivity contribution is 7.92. The number of nitrogens with zero attached hydrogens (tertiary/aromatic N) is 2. The minimum absolute atomic E-state index is 0.0953. The predicted octanol–water partition coefficient (Wildman–Crippen LogP) is 3.62. The van der Waals surface area contributed by atoms with Crippen molar-refractivity contribution in [2.45, 2.75) is 33.4 Å². The van der Waals surface area contributed by atoms with E-state index in [2.05, 4.69) is 5.32 Å². The summed E-state index contributed by atoms with van der Waals surface area (Å²) in [4.78, 5) is 27.3. The van der Waals surface area contributed by atoms with Crippen LogP contribution in [0.4, 0.5) is 5.69 Å². The smallest absolute Gasteiger partial charge is 0.244 e. The van der Waals surface area contributed by atoms with Crippen molar-refractivity contribution in [3.63, 3.8) is 0 Å². The average Bonchev–Trinajstić information content (AvgIpc) is 2.70. The highest BCUT2D eigenvalue weighted by Crippen LogP contribution is 2.30. The van der Waals surface area contributed by atoms with Crippen molar-refractivity contribution in [3.8, 4) is 0 Å². The van der Waals surface area contributed by atoms with E-state index >= 15 is 0 Å². The van der Waals surface area contributed by atoms with Crippen molar-refractivity contribution in [3.05, 3.63) is 63.6 Å². The molecule has 0 saturated carbocycles. The van der Waals surface area contributed by atoms with Crippen molar-refractivity contribution in [1.82, 2.24) is 10.2 Å². The molecule has 0 unspecified atom stereocenters. The zero-order valence-corrected chi connectivity index (χ0v) is 20.8. The number of hydrogen-bond acceptors (Lipinski definition) is 4. The first-order valence-electron chi connectivity index (χ1n) is 10.00. The number of sulfonamides is 1. The van der Waals surface area contributed by atoms with E-state index in [1.807, 2.05) is 31.2 Å². The van der Waals surface area contributed by atoms with Crippen LogP contribution in [0.3, 0.4) is 0 Å². The quantitative estimate of drug-likeness (QED) is 0.570. The van der Waals surface area contributed by atoms with E-state index in [1.54, 1.807) is 13.8 Å². The van der Waals surface area contributed by atoms with Crippen molar-refractivity contribution in [2.24, 2.45) is 0 Å². The molecule has 0 aliphatic heterocycles. The number of aryl methyl sites for hydroxylation is 1. The molecule has 0 spiro atoms. The molecule has 0 aliphatic carbocycles. The van der Waals surface area contributed by atoms with Crippen LogP contribution in [0.15, 0.2) is 42.5 Å². The monoisotopic (exact) mass is 499 g/mol. The van der Waals surface area contributed by atoms with E-state index in [4.69, 9.17) is 23.2 Å². The summed E-state index contributed by atoms with van der Waals surface area (Å²) in [6.07, 6.45) is 0.990. The van der Waals surface area contributed by atoms with Gasteiger partial charge in [-0.1, -0.05) is 47.5 Å². The summed E-state index contributed by atoms with van der Waals surface area (Å²) in [6.45, 7) is 5.34. The second kappa shape index (κ2) is 11.0. The second-order valence-corrected chi connectivity index (χ2v) is 10.1. The summed E-state index contributed by atoms with van der Waals surface area (Å²) in [5.41, 5.74) is 1.94. The Balaban J connectivity index is 2.43. The summed E-state index contributed by atoms with van der Waals surface area (Å²) in [7, 11) is -3.86. The molecule has 0 radical (unpaired) electrons. The number of hydrogen-bond donors (Lipinski definition) is 1. The third-order valence-electron chi connectivity index (χ3n) is 4.98. The van der Waals surface area contributed by atoms with Gasteiger partial charge in [0, 0.05) is 18.1 Å². The van der Waals surface area contributed by atoms with E-state index in [9.17, 15) is 18.0 Å². The number of carbonyl (C=O) groups excluding carboxylic acids is 2. The Morgan fingerprint density at radius 3 is 2.34 bits per heavy atom. The fraction of sp³-hybridized carbons (Fsp3) is 0.364. The lowest BCUT2D eigenvalue weighted by Gasteiger charge is -2.32. The number of amides is 2. The summed E-state index contributed by atoms with van der Waals surface area (Å²) in [5.74, 6) is -0.867. The van der Waals surface area contributed by atoms with Gasteiger partial charge in [0.25, 0.3) is 0 Å². The molecule has 1 atom stereocenters. The SMILES string of the molecule is CCNC(=O)[C@H](C)N(Cc1ccccc1C)C(=O)CN(c1ccc(Cl)cc1Cl)S(C)(=O)=O. The molecule has 1 N–H and O–H groups in total. The molecule has 7 nitrogen and oxygen atoms in total. The van der Waals surface area contributed by atoms with Crippen LogP contribution in [0.2, 0.25) is 10.0 Å². The summed E-state index contributed by atoms with van der Waals surface area (Å²) in [6, 6.07) is 11.0.